The van der Waals surface area contributed by atoms with Crippen molar-refractivity contribution in [2.75, 3.05) is 5.73 Å². The van der Waals surface area contributed by atoms with E-state index in [2.05, 4.69) is 41.4 Å². The minimum atomic E-state index is 0.441. The number of benzene rings is 4. The maximum Gasteiger partial charge on any atom is 0.135 e. The van der Waals surface area contributed by atoms with Crippen LogP contribution in [0, 0.1) is 0 Å². The molecule has 8 heteroatoms. The summed E-state index contributed by atoms with van der Waals surface area (Å²) in [4.78, 5) is 18.3. The third-order valence-corrected chi connectivity index (χ3v) is 9.59. The summed E-state index contributed by atoms with van der Waals surface area (Å²) in [6.45, 7) is 0. The lowest BCUT2D eigenvalue weighted by molar-refractivity contribution is 1.36. The number of allylic oxidation sites excluding steroid dienone is 1. The van der Waals surface area contributed by atoms with E-state index in [1.54, 1.807) is 22.7 Å². The highest BCUT2D eigenvalue weighted by molar-refractivity contribution is 7.21. The molecular formula is C35H24N6S2. The van der Waals surface area contributed by atoms with E-state index in [4.69, 9.17) is 26.4 Å². The first-order chi connectivity index (χ1) is 21.1. The van der Waals surface area contributed by atoms with Gasteiger partial charge in [0.15, 0.2) is 0 Å². The van der Waals surface area contributed by atoms with Gasteiger partial charge in [-0.2, -0.15) is 0 Å². The second kappa shape index (κ2) is 10.2. The van der Waals surface area contributed by atoms with Gasteiger partial charge in [-0.15, -0.1) is 22.7 Å². The van der Waals surface area contributed by atoms with E-state index in [1.165, 1.54) is 0 Å². The molecule has 1 aliphatic heterocycles. The van der Waals surface area contributed by atoms with Crippen molar-refractivity contribution in [2.45, 2.75) is 0 Å². The molecular weight excluding hydrogens is 569 g/mol. The number of aromatic nitrogens is 3. The molecule has 43 heavy (non-hydrogen) atoms. The zero-order chi connectivity index (χ0) is 28.9. The first-order valence-electron chi connectivity index (χ1n) is 13.8. The summed E-state index contributed by atoms with van der Waals surface area (Å²) < 4.78 is 2.21. The van der Waals surface area contributed by atoms with Gasteiger partial charge < -0.3 is 16.5 Å². The summed E-state index contributed by atoms with van der Waals surface area (Å²) in [6.07, 6.45) is 2.05. The van der Waals surface area contributed by atoms with Crippen LogP contribution in [0.2, 0.25) is 0 Å². The van der Waals surface area contributed by atoms with Crippen LogP contribution in [0.15, 0.2) is 120 Å². The molecule has 0 spiro atoms. The Bertz CT molecular complexity index is 2190. The molecule has 0 saturated carbocycles. The van der Waals surface area contributed by atoms with Crippen LogP contribution in [0.1, 0.15) is 16.3 Å². The fourth-order valence-corrected chi connectivity index (χ4v) is 7.64. The van der Waals surface area contributed by atoms with Crippen molar-refractivity contribution in [3.8, 4) is 21.7 Å². The first-order valence-corrected chi connectivity index (χ1v) is 15.4. The lowest BCUT2D eigenvalue weighted by atomic mass is 9.96. The summed E-state index contributed by atoms with van der Waals surface area (Å²) >= 11 is 3.25. The highest BCUT2D eigenvalue weighted by atomic mass is 32.1. The molecule has 3 aromatic heterocycles. The largest absolute Gasteiger partial charge is 0.385 e. The number of hydrogen-bond donors (Lipinski definition) is 3. The number of anilines is 1. The minimum Gasteiger partial charge on any atom is -0.385 e. The van der Waals surface area contributed by atoms with E-state index in [1.807, 2.05) is 78.9 Å². The molecule has 6 nitrogen and oxygen atoms in total. The maximum atomic E-state index is 6.74. The van der Waals surface area contributed by atoms with Crippen molar-refractivity contribution < 1.29 is 0 Å². The number of rotatable bonds is 5. The number of nitrogens with zero attached hydrogens (tertiary/aromatic N) is 3. The number of hydrogen-bond acceptors (Lipinski definition) is 7. The lowest BCUT2D eigenvalue weighted by Crippen LogP contribution is -2.11. The monoisotopic (exact) mass is 592 g/mol. The quantitative estimate of drug-likeness (QED) is 0.186. The summed E-state index contributed by atoms with van der Waals surface area (Å²) in [5, 5.41) is 1.70. The number of nitrogens with two attached hydrogens (primary N) is 2. The van der Waals surface area contributed by atoms with Crippen LogP contribution in [0.3, 0.4) is 0 Å². The fraction of sp³-hybridized carbons (Fsp3) is 0. The number of para-hydroxylation sites is 2. The van der Waals surface area contributed by atoms with Crippen molar-refractivity contribution in [2.24, 2.45) is 10.7 Å². The SMILES string of the molecule is NC1=N/C(=C\c2[nH]c(N)c(-c3nc4ccccc4s3)c2-c2ccccc2)C(c2ccccc2)=C1c1nc2ccccc2s1. The van der Waals surface area contributed by atoms with Crippen molar-refractivity contribution in [1.29, 1.82) is 0 Å². The Labute approximate surface area is 255 Å². The van der Waals surface area contributed by atoms with Crippen LogP contribution in [0.25, 0.3) is 59.4 Å². The van der Waals surface area contributed by atoms with Crippen LogP contribution < -0.4 is 11.5 Å². The highest BCUT2D eigenvalue weighted by Crippen LogP contribution is 2.46. The molecule has 0 bridgehead atoms. The van der Waals surface area contributed by atoms with Gasteiger partial charge in [-0.05, 0) is 41.5 Å². The van der Waals surface area contributed by atoms with Gasteiger partial charge in [-0.3, -0.25) is 0 Å². The first kappa shape index (κ1) is 25.4. The standard InChI is InChI=1S/C35H24N6S2/c36-32-30(34-40-22-15-7-9-17-26(22)42-34)28(20-11-3-1-4-12-20)24(38-32)19-25-29(21-13-5-2-6-14-21)31(33(37)39-25)35-41-23-16-8-10-18-27(23)43-35/h1-19,38H,36H2,(H2,37,39)/b25-19-. The molecule has 0 fully saturated rings. The number of nitrogen functional groups attached to an aromatic ring is 1. The van der Waals surface area contributed by atoms with Crippen molar-refractivity contribution in [3.05, 3.63) is 131 Å². The second-order valence-corrected chi connectivity index (χ2v) is 12.2. The second-order valence-electron chi connectivity index (χ2n) is 10.2. The average molecular weight is 593 g/mol. The molecule has 0 atom stereocenters. The number of thiazole rings is 2. The summed E-state index contributed by atoms with van der Waals surface area (Å²) in [5.41, 5.74) is 22.6. The van der Waals surface area contributed by atoms with Crippen molar-refractivity contribution in [1.82, 2.24) is 15.0 Å². The Balaban J connectivity index is 1.37. The van der Waals surface area contributed by atoms with Crippen molar-refractivity contribution >= 4 is 72.0 Å². The van der Waals surface area contributed by atoms with Crippen LogP contribution >= 0.6 is 22.7 Å². The van der Waals surface area contributed by atoms with Gasteiger partial charge in [0.05, 0.1) is 43.0 Å². The van der Waals surface area contributed by atoms with Gasteiger partial charge in [-0.25, -0.2) is 15.0 Å². The van der Waals surface area contributed by atoms with E-state index in [0.29, 0.717) is 11.7 Å². The molecule has 0 unspecified atom stereocenters. The maximum absolute atomic E-state index is 6.74. The number of fused-ring (bicyclic) bond motifs is 2. The van der Waals surface area contributed by atoms with Gasteiger partial charge in [0.1, 0.15) is 21.7 Å². The molecule has 206 valence electrons. The van der Waals surface area contributed by atoms with E-state index in [-0.39, 0.29) is 0 Å². The molecule has 4 aromatic carbocycles. The van der Waals surface area contributed by atoms with Gasteiger partial charge in [-0.1, -0.05) is 84.9 Å². The number of aliphatic imine (C=N–C) groups is 1. The Kier molecular flexibility index (Phi) is 6.03. The Morgan fingerprint density at radius 3 is 1.79 bits per heavy atom. The Morgan fingerprint density at radius 2 is 1.14 bits per heavy atom. The van der Waals surface area contributed by atoms with Crippen molar-refractivity contribution in [3.63, 3.8) is 0 Å². The van der Waals surface area contributed by atoms with E-state index >= 15 is 0 Å². The van der Waals surface area contributed by atoms with Crippen LogP contribution in [0.5, 0.6) is 0 Å². The zero-order valence-electron chi connectivity index (χ0n) is 22.8. The molecule has 5 N–H and O–H groups in total. The predicted octanol–water partition coefficient (Wildman–Crippen LogP) is 8.47. The van der Waals surface area contributed by atoms with Crippen LogP contribution in [-0.4, -0.2) is 20.8 Å². The number of H-pyrrole nitrogens is 1. The zero-order valence-corrected chi connectivity index (χ0v) is 24.4. The highest BCUT2D eigenvalue weighted by Gasteiger charge is 2.29. The lowest BCUT2D eigenvalue weighted by Gasteiger charge is -2.09. The topological polar surface area (TPSA) is 106 Å². The molecule has 7 aromatic rings. The summed E-state index contributed by atoms with van der Waals surface area (Å²) in [6, 6.07) is 36.8. The van der Waals surface area contributed by atoms with Gasteiger partial charge >= 0.3 is 0 Å². The molecule has 8 rings (SSSR count). The number of amidine groups is 1. The summed E-state index contributed by atoms with van der Waals surface area (Å²) in [5.74, 6) is 0.993. The van der Waals surface area contributed by atoms with Gasteiger partial charge in [0, 0.05) is 11.1 Å². The predicted molar refractivity (Wildman–Crippen MR) is 182 cm³/mol. The molecule has 4 heterocycles. The minimum absolute atomic E-state index is 0.441. The normalized spacial score (nSPS) is 14.3. The summed E-state index contributed by atoms with van der Waals surface area (Å²) in [7, 11) is 0. The van der Waals surface area contributed by atoms with E-state index in [9.17, 15) is 0 Å². The smallest absolute Gasteiger partial charge is 0.135 e. The molecule has 0 amide bonds. The Hall–Kier alpha value is -5.31. The molecule has 0 aliphatic carbocycles. The number of aromatic amines is 1. The van der Waals surface area contributed by atoms with Gasteiger partial charge in [0.2, 0.25) is 0 Å². The molecule has 1 aliphatic rings. The van der Waals surface area contributed by atoms with Crippen LogP contribution in [0.4, 0.5) is 5.82 Å². The third-order valence-electron chi connectivity index (χ3n) is 7.48. The van der Waals surface area contributed by atoms with E-state index < -0.39 is 0 Å². The third kappa shape index (κ3) is 4.35. The molecule has 0 radical (unpaired) electrons. The van der Waals surface area contributed by atoms with Gasteiger partial charge in [0.25, 0.3) is 0 Å². The van der Waals surface area contributed by atoms with E-state index in [0.717, 1.165) is 75.2 Å². The Morgan fingerprint density at radius 1 is 0.581 bits per heavy atom. The number of nitrogens with one attached hydrogen (secondary N) is 1. The fourth-order valence-electron chi connectivity index (χ4n) is 5.59. The molecule has 0 saturated heterocycles. The van der Waals surface area contributed by atoms with Crippen LogP contribution in [-0.2, 0) is 0 Å². The average Bonchev–Trinajstić information content (AvgIpc) is 3.80.